The van der Waals surface area contributed by atoms with Crippen LogP contribution in [-0.2, 0) is 16.1 Å². The first kappa shape index (κ1) is 12.1. The summed E-state index contributed by atoms with van der Waals surface area (Å²) in [5, 5.41) is 3.04. The Morgan fingerprint density at radius 3 is 2.82 bits per heavy atom. The van der Waals surface area contributed by atoms with E-state index in [4.69, 9.17) is 9.47 Å². The Bertz CT molecular complexity index is 366. The van der Waals surface area contributed by atoms with Crippen molar-refractivity contribution >= 4 is 11.8 Å². The molecular formula is C11H18N4O2. The van der Waals surface area contributed by atoms with Crippen LogP contribution >= 0.6 is 0 Å². The second-order valence-electron chi connectivity index (χ2n) is 3.83. The van der Waals surface area contributed by atoms with Gasteiger partial charge >= 0.3 is 0 Å². The van der Waals surface area contributed by atoms with E-state index in [0.717, 1.165) is 43.8 Å². The second-order valence-corrected chi connectivity index (χ2v) is 3.83. The van der Waals surface area contributed by atoms with Crippen molar-refractivity contribution < 1.29 is 9.47 Å². The van der Waals surface area contributed by atoms with Crippen molar-refractivity contribution in [3.8, 4) is 0 Å². The average molecular weight is 238 g/mol. The fraction of sp³-hybridized carbons (Fsp3) is 0.636. The highest BCUT2D eigenvalue weighted by Gasteiger charge is 2.15. The van der Waals surface area contributed by atoms with Gasteiger partial charge in [0.05, 0.1) is 25.5 Å². The van der Waals surface area contributed by atoms with Crippen LogP contribution in [0, 0.1) is 0 Å². The summed E-state index contributed by atoms with van der Waals surface area (Å²) in [5.74, 6) is 1.56. The zero-order valence-corrected chi connectivity index (χ0v) is 10.3. The van der Waals surface area contributed by atoms with Gasteiger partial charge in [-0.15, -0.1) is 0 Å². The molecule has 1 fully saturated rings. The molecule has 0 spiro atoms. The Kier molecular flexibility index (Phi) is 4.11. The molecule has 1 aromatic rings. The number of anilines is 2. The Labute approximate surface area is 101 Å². The molecule has 0 aromatic carbocycles. The summed E-state index contributed by atoms with van der Waals surface area (Å²) in [4.78, 5) is 11.1. The predicted molar refractivity (Wildman–Crippen MR) is 65.3 cm³/mol. The van der Waals surface area contributed by atoms with Gasteiger partial charge in [0, 0.05) is 33.3 Å². The van der Waals surface area contributed by atoms with E-state index in [1.54, 1.807) is 7.11 Å². The number of morpholine rings is 1. The summed E-state index contributed by atoms with van der Waals surface area (Å²) in [6.45, 7) is 3.62. The minimum absolute atomic E-state index is 0.495. The fourth-order valence-electron chi connectivity index (χ4n) is 1.74. The predicted octanol–water partition coefficient (Wildman–Crippen LogP) is 0.501. The number of nitrogens with one attached hydrogen (secondary N) is 1. The molecule has 1 saturated heterocycles. The molecule has 0 saturated carbocycles. The van der Waals surface area contributed by atoms with Gasteiger partial charge in [-0.05, 0) is 0 Å². The normalized spacial score (nSPS) is 16.0. The third-order valence-electron chi connectivity index (χ3n) is 2.61. The highest BCUT2D eigenvalue weighted by atomic mass is 16.5. The first-order valence-corrected chi connectivity index (χ1v) is 5.71. The quantitative estimate of drug-likeness (QED) is 0.824. The van der Waals surface area contributed by atoms with E-state index < -0.39 is 0 Å². The maximum atomic E-state index is 5.32. The molecule has 6 nitrogen and oxygen atoms in total. The van der Waals surface area contributed by atoms with Crippen molar-refractivity contribution in [2.45, 2.75) is 6.61 Å². The van der Waals surface area contributed by atoms with Gasteiger partial charge in [0.2, 0.25) is 5.95 Å². The lowest BCUT2D eigenvalue weighted by atomic mass is 10.4. The van der Waals surface area contributed by atoms with E-state index in [-0.39, 0.29) is 0 Å². The van der Waals surface area contributed by atoms with Crippen molar-refractivity contribution in [1.29, 1.82) is 0 Å². The molecule has 1 aromatic heterocycles. The highest BCUT2D eigenvalue weighted by Crippen LogP contribution is 2.15. The molecule has 1 aliphatic heterocycles. The summed E-state index contributed by atoms with van der Waals surface area (Å²) < 4.78 is 10.4. The summed E-state index contributed by atoms with van der Waals surface area (Å²) in [7, 11) is 3.51. The molecular weight excluding hydrogens is 220 g/mol. The molecule has 17 heavy (non-hydrogen) atoms. The molecule has 6 heteroatoms. The lowest BCUT2D eigenvalue weighted by molar-refractivity contribution is 0.122. The topological polar surface area (TPSA) is 59.5 Å². The summed E-state index contributed by atoms with van der Waals surface area (Å²) >= 11 is 0. The summed E-state index contributed by atoms with van der Waals surface area (Å²) in [6, 6.07) is 1.90. The average Bonchev–Trinajstić information content (AvgIpc) is 2.40. The molecule has 1 aliphatic rings. The summed E-state index contributed by atoms with van der Waals surface area (Å²) in [5.41, 5.74) is 0.883. The maximum absolute atomic E-state index is 5.32. The van der Waals surface area contributed by atoms with Crippen LogP contribution in [0.4, 0.5) is 11.8 Å². The third-order valence-corrected chi connectivity index (χ3v) is 2.61. The Balaban J connectivity index is 2.21. The van der Waals surface area contributed by atoms with E-state index in [9.17, 15) is 0 Å². The van der Waals surface area contributed by atoms with Crippen LogP contribution in [0.3, 0.4) is 0 Å². The Hall–Kier alpha value is -1.40. The number of hydrogen-bond acceptors (Lipinski definition) is 6. The smallest absolute Gasteiger partial charge is 0.227 e. The van der Waals surface area contributed by atoms with Crippen molar-refractivity contribution in [1.82, 2.24) is 9.97 Å². The highest BCUT2D eigenvalue weighted by molar-refractivity contribution is 5.43. The van der Waals surface area contributed by atoms with Crippen molar-refractivity contribution in [3.63, 3.8) is 0 Å². The molecule has 0 aliphatic carbocycles. The lowest BCUT2D eigenvalue weighted by Crippen LogP contribution is -2.37. The molecule has 0 unspecified atom stereocenters. The van der Waals surface area contributed by atoms with Crippen molar-refractivity contribution in [2.24, 2.45) is 0 Å². The van der Waals surface area contributed by atoms with Crippen LogP contribution in [0.5, 0.6) is 0 Å². The van der Waals surface area contributed by atoms with Crippen LogP contribution in [0.25, 0.3) is 0 Å². The third kappa shape index (κ3) is 3.04. The monoisotopic (exact) mass is 238 g/mol. The molecule has 0 radical (unpaired) electrons. The van der Waals surface area contributed by atoms with Gasteiger partial charge in [0.1, 0.15) is 5.82 Å². The van der Waals surface area contributed by atoms with Gasteiger partial charge in [0.15, 0.2) is 0 Å². The van der Waals surface area contributed by atoms with E-state index in [1.165, 1.54) is 0 Å². The van der Waals surface area contributed by atoms with E-state index in [2.05, 4.69) is 20.2 Å². The van der Waals surface area contributed by atoms with Gasteiger partial charge in [-0.1, -0.05) is 0 Å². The Morgan fingerprint density at radius 2 is 2.18 bits per heavy atom. The number of rotatable bonds is 4. The van der Waals surface area contributed by atoms with Crippen LogP contribution in [0.15, 0.2) is 6.07 Å². The SMILES string of the molecule is CNc1cc(COC)nc(N2CCOCC2)n1. The zero-order valence-electron chi connectivity index (χ0n) is 10.3. The number of methoxy groups -OCH3 is 1. The molecule has 0 amide bonds. The van der Waals surface area contributed by atoms with Crippen molar-refractivity contribution in [3.05, 3.63) is 11.8 Å². The number of ether oxygens (including phenoxy) is 2. The van der Waals surface area contributed by atoms with Gasteiger partial charge in [-0.3, -0.25) is 0 Å². The lowest BCUT2D eigenvalue weighted by Gasteiger charge is -2.27. The molecule has 2 heterocycles. The van der Waals surface area contributed by atoms with Gasteiger partial charge in [-0.25, -0.2) is 4.98 Å². The van der Waals surface area contributed by atoms with Gasteiger partial charge in [-0.2, -0.15) is 4.98 Å². The van der Waals surface area contributed by atoms with Crippen molar-refractivity contribution in [2.75, 3.05) is 50.7 Å². The fourth-order valence-corrected chi connectivity index (χ4v) is 1.74. The standard InChI is InChI=1S/C11H18N4O2/c1-12-10-7-9(8-16-2)13-11(14-10)15-3-5-17-6-4-15/h7H,3-6,8H2,1-2H3,(H,12,13,14). The number of aromatic nitrogens is 2. The maximum Gasteiger partial charge on any atom is 0.227 e. The first-order chi connectivity index (χ1) is 8.33. The van der Waals surface area contributed by atoms with Crippen LogP contribution in [0.2, 0.25) is 0 Å². The van der Waals surface area contributed by atoms with Crippen LogP contribution < -0.4 is 10.2 Å². The first-order valence-electron chi connectivity index (χ1n) is 5.71. The van der Waals surface area contributed by atoms with Crippen LogP contribution in [-0.4, -0.2) is 50.4 Å². The Morgan fingerprint density at radius 1 is 1.41 bits per heavy atom. The minimum Gasteiger partial charge on any atom is -0.378 e. The largest absolute Gasteiger partial charge is 0.378 e. The van der Waals surface area contributed by atoms with Gasteiger partial charge in [0.25, 0.3) is 0 Å². The zero-order chi connectivity index (χ0) is 12.1. The second kappa shape index (κ2) is 5.79. The van der Waals surface area contributed by atoms with E-state index in [0.29, 0.717) is 6.61 Å². The molecule has 0 atom stereocenters. The molecule has 2 rings (SSSR count). The number of nitrogens with zero attached hydrogens (tertiary/aromatic N) is 3. The minimum atomic E-state index is 0.495. The van der Waals surface area contributed by atoms with E-state index in [1.807, 2.05) is 13.1 Å². The molecule has 94 valence electrons. The summed E-state index contributed by atoms with van der Waals surface area (Å²) in [6.07, 6.45) is 0. The molecule has 0 bridgehead atoms. The van der Waals surface area contributed by atoms with E-state index >= 15 is 0 Å². The van der Waals surface area contributed by atoms with Crippen LogP contribution in [0.1, 0.15) is 5.69 Å². The molecule has 1 N–H and O–H groups in total. The number of hydrogen-bond donors (Lipinski definition) is 1. The van der Waals surface area contributed by atoms with Gasteiger partial charge < -0.3 is 19.7 Å².